The molecule has 0 bridgehead atoms. The number of hydrogen-bond donors (Lipinski definition) is 1. The van der Waals surface area contributed by atoms with Gasteiger partial charge in [0, 0.05) is 39.8 Å². The van der Waals surface area contributed by atoms with Crippen LogP contribution in [0.5, 0.6) is 0 Å². The van der Waals surface area contributed by atoms with Gasteiger partial charge in [-0.15, -0.1) is 24.0 Å². The van der Waals surface area contributed by atoms with Crippen molar-refractivity contribution in [3.63, 3.8) is 0 Å². The van der Waals surface area contributed by atoms with E-state index in [9.17, 15) is 0 Å². The molecule has 0 saturated carbocycles. The smallest absolute Gasteiger partial charge is 0.193 e. The maximum Gasteiger partial charge on any atom is 0.193 e. The zero-order valence-corrected chi connectivity index (χ0v) is 19.5. The number of nitrogens with zero attached hydrogens (tertiary/aromatic N) is 4. The number of benzene rings is 1. The molecule has 0 aliphatic carbocycles. The first kappa shape index (κ1) is 22.6. The number of likely N-dealkylation sites (tertiary alicyclic amines) is 1. The molecule has 0 atom stereocenters. The lowest BCUT2D eigenvalue weighted by Gasteiger charge is -2.38. The lowest BCUT2D eigenvalue weighted by molar-refractivity contribution is 0.329. The molecule has 2 aliphatic rings. The van der Waals surface area contributed by atoms with Gasteiger partial charge in [-0.1, -0.05) is 23.7 Å². The molecule has 0 aromatic heterocycles. The van der Waals surface area contributed by atoms with Crippen molar-refractivity contribution in [2.45, 2.75) is 25.7 Å². The SMILES string of the molecule is CN=C(NCCCCN1CCCC1)N1CCN(c2ccccc2Cl)CC1.I. The highest BCUT2D eigenvalue weighted by Gasteiger charge is 2.20. The van der Waals surface area contributed by atoms with E-state index in [1.807, 2.05) is 19.2 Å². The standard InChI is InChI=1S/C20H32ClN5.HI/c1-22-20(23-10-4-5-11-24-12-6-7-13-24)26-16-14-25(15-17-26)19-9-3-2-8-18(19)21;/h2-3,8-9H,4-7,10-17H2,1H3,(H,22,23);1H. The van der Waals surface area contributed by atoms with Gasteiger partial charge in [0.25, 0.3) is 0 Å². The Balaban J connectivity index is 0.00000261. The first-order chi connectivity index (χ1) is 12.8. The molecule has 0 spiro atoms. The minimum atomic E-state index is 0. The lowest BCUT2D eigenvalue weighted by atomic mass is 10.2. The highest BCUT2D eigenvalue weighted by molar-refractivity contribution is 14.0. The van der Waals surface area contributed by atoms with Gasteiger partial charge >= 0.3 is 0 Å². The quantitative estimate of drug-likeness (QED) is 0.278. The van der Waals surface area contributed by atoms with E-state index >= 15 is 0 Å². The van der Waals surface area contributed by atoms with Crippen molar-refractivity contribution < 1.29 is 0 Å². The van der Waals surface area contributed by atoms with Gasteiger partial charge in [0.05, 0.1) is 10.7 Å². The van der Waals surface area contributed by atoms with Crippen LogP contribution in [-0.4, -0.2) is 75.2 Å². The van der Waals surface area contributed by atoms with Gasteiger partial charge in [-0.2, -0.15) is 0 Å². The third-order valence-electron chi connectivity index (χ3n) is 5.37. The highest BCUT2D eigenvalue weighted by atomic mass is 127. The van der Waals surface area contributed by atoms with Crippen molar-refractivity contribution in [1.29, 1.82) is 0 Å². The van der Waals surface area contributed by atoms with Crippen LogP contribution in [-0.2, 0) is 0 Å². The van der Waals surface area contributed by atoms with Gasteiger partial charge < -0.3 is 20.0 Å². The normalized spacial score (nSPS) is 18.5. The number of unbranched alkanes of at least 4 members (excludes halogenated alkanes) is 1. The fourth-order valence-electron chi connectivity index (χ4n) is 3.87. The maximum absolute atomic E-state index is 6.33. The Bertz CT molecular complexity index is 583. The van der Waals surface area contributed by atoms with Crippen LogP contribution in [0.3, 0.4) is 0 Å². The molecule has 5 nitrogen and oxygen atoms in total. The Morgan fingerprint density at radius 1 is 1.04 bits per heavy atom. The summed E-state index contributed by atoms with van der Waals surface area (Å²) >= 11 is 6.33. The molecule has 2 aliphatic heterocycles. The van der Waals surface area contributed by atoms with Crippen LogP contribution in [0.2, 0.25) is 5.02 Å². The Labute approximate surface area is 186 Å². The molecular formula is C20H33ClIN5. The summed E-state index contributed by atoms with van der Waals surface area (Å²) in [5.41, 5.74) is 1.14. The zero-order chi connectivity index (χ0) is 18.2. The number of guanidine groups is 1. The molecular weight excluding hydrogens is 473 g/mol. The van der Waals surface area contributed by atoms with Crippen molar-refractivity contribution in [3.8, 4) is 0 Å². The van der Waals surface area contributed by atoms with Crippen molar-refractivity contribution >= 4 is 47.2 Å². The monoisotopic (exact) mass is 505 g/mol. The number of hydrogen-bond acceptors (Lipinski definition) is 3. The second-order valence-corrected chi connectivity index (χ2v) is 7.56. The first-order valence-electron chi connectivity index (χ1n) is 9.95. The molecule has 27 heavy (non-hydrogen) atoms. The summed E-state index contributed by atoms with van der Waals surface area (Å²) in [7, 11) is 1.88. The largest absolute Gasteiger partial charge is 0.367 e. The fraction of sp³-hybridized carbons (Fsp3) is 0.650. The number of anilines is 1. The molecule has 2 fully saturated rings. The average Bonchev–Trinajstić information content (AvgIpc) is 3.19. The molecule has 1 aromatic rings. The summed E-state index contributed by atoms with van der Waals surface area (Å²) < 4.78 is 0. The predicted molar refractivity (Wildman–Crippen MR) is 127 cm³/mol. The summed E-state index contributed by atoms with van der Waals surface area (Å²) in [4.78, 5) is 11.8. The van der Waals surface area contributed by atoms with Gasteiger partial charge in [-0.3, -0.25) is 4.99 Å². The van der Waals surface area contributed by atoms with Gasteiger partial charge in [0.1, 0.15) is 0 Å². The highest BCUT2D eigenvalue weighted by Crippen LogP contribution is 2.25. The summed E-state index contributed by atoms with van der Waals surface area (Å²) in [6.07, 6.45) is 5.23. The zero-order valence-electron chi connectivity index (χ0n) is 16.4. The average molecular weight is 506 g/mol. The van der Waals surface area contributed by atoms with Gasteiger partial charge in [-0.05, 0) is 57.5 Å². The van der Waals surface area contributed by atoms with Crippen LogP contribution in [0.25, 0.3) is 0 Å². The van der Waals surface area contributed by atoms with E-state index in [2.05, 4.69) is 37.1 Å². The fourth-order valence-corrected chi connectivity index (χ4v) is 4.12. The minimum absolute atomic E-state index is 0. The van der Waals surface area contributed by atoms with E-state index in [0.717, 1.165) is 49.4 Å². The molecule has 1 aromatic carbocycles. The summed E-state index contributed by atoms with van der Waals surface area (Å²) in [5.74, 6) is 1.03. The number of aliphatic imine (C=N–C) groups is 1. The summed E-state index contributed by atoms with van der Waals surface area (Å²) in [5, 5.41) is 4.38. The van der Waals surface area contributed by atoms with Crippen LogP contribution in [0.1, 0.15) is 25.7 Å². The van der Waals surface area contributed by atoms with Crippen LogP contribution < -0.4 is 10.2 Å². The summed E-state index contributed by atoms with van der Waals surface area (Å²) in [6.45, 7) is 8.73. The van der Waals surface area contributed by atoms with E-state index in [-0.39, 0.29) is 24.0 Å². The Morgan fingerprint density at radius 2 is 1.74 bits per heavy atom. The molecule has 0 unspecified atom stereocenters. The second kappa shape index (κ2) is 12.0. The van der Waals surface area contributed by atoms with Crippen LogP contribution in [0.4, 0.5) is 5.69 Å². The molecule has 1 N–H and O–H groups in total. The topological polar surface area (TPSA) is 34.1 Å². The number of halogens is 2. The minimum Gasteiger partial charge on any atom is -0.367 e. The van der Waals surface area contributed by atoms with Gasteiger partial charge in [0.15, 0.2) is 5.96 Å². The Morgan fingerprint density at radius 3 is 2.41 bits per heavy atom. The molecule has 0 radical (unpaired) electrons. The number of para-hydroxylation sites is 1. The van der Waals surface area contributed by atoms with E-state index in [4.69, 9.17) is 11.6 Å². The van der Waals surface area contributed by atoms with Crippen molar-refractivity contribution in [2.24, 2.45) is 4.99 Å². The molecule has 7 heteroatoms. The third-order valence-corrected chi connectivity index (χ3v) is 5.69. The number of rotatable bonds is 6. The predicted octanol–water partition coefficient (Wildman–Crippen LogP) is 3.53. The second-order valence-electron chi connectivity index (χ2n) is 7.16. The summed E-state index contributed by atoms with van der Waals surface area (Å²) in [6, 6.07) is 8.10. The molecule has 2 heterocycles. The molecule has 152 valence electrons. The Hall–Kier alpha value is -0.730. The van der Waals surface area contributed by atoms with Crippen LogP contribution in [0.15, 0.2) is 29.3 Å². The van der Waals surface area contributed by atoms with E-state index in [0.29, 0.717) is 0 Å². The molecule has 3 rings (SSSR count). The first-order valence-corrected chi connectivity index (χ1v) is 10.3. The molecule has 2 saturated heterocycles. The van der Waals surface area contributed by atoms with E-state index < -0.39 is 0 Å². The lowest BCUT2D eigenvalue weighted by Crippen LogP contribution is -2.52. The van der Waals surface area contributed by atoms with E-state index in [1.54, 1.807) is 0 Å². The van der Waals surface area contributed by atoms with E-state index in [1.165, 1.54) is 45.3 Å². The van der Waals surface area contributed by atoms with Gasteiger partial charge in [0.2, 0.25) is 0 Å². The van der Waals surface area contributed by atoms with Gasteiger partial charge in [-0.25, -0.2) is 0 Å². The number of piperazine rings is 1. The van der Waals surface area contributed by atoms with Crippen molar-refractivity contribution in [2.75, 3.05) is 64.3 Å². The molecule has 0 amide bonds. The van der Waals surface area contributed by atoms with Crippen LogP contribution >= 0.6 is 35.6 Å². The van der Waals surface area contributed by atoms with Crippen molar-refractivity contribution in [3.05, 3.63) is 29.3 Å². The third kappa shape index (κ3) is 6.68. The Kier molecular flexibility index (Phi) is 10.00. The van der Waals surface area contributed by atoms with Crippen LogP contribution in [0, 0.1) is 0 Å². The maximum atomic E-state index is 6.33. The number of nitrogens with one attached hydrogen (secondary N) is 1. The van der Waals surface area contributed by atoms with Crippen molar-refractivity contribution in [1.82, 2.24) is 15.1 Å².